The Morgan fingerprint density at radius 2 is 1.43 bits per heavy atom. The van der Waals surface area contributed by atoms with Gasteiger partial charge in [-0.1, -0.05) is 59.7 Å². The van der Waals surface area contributed by atoms with Gasteiger partial charge in [-0.05, 0) is 71.7 Å². The van der Waals surface area contributed by atoms with Crippen LogP contribution in [0.25, 0.3) is 51.5 Å². The lowest BCUT2D eigenvalue weighted by molar-refractivity contribution is 0.955. The second kappa shape index (κ2) is 5.94. The molecule has 30 heavy (non-hydrogen) atoms. The van der Waals surface area contributed by atoms with E-state index in [0.717, 1.165) is 12.8 Å². The Morgan fingerprint density at radius 3 is 2.37 bits per heavy atom. The van der Waals surface area contributed by atoms with Crippen molar-refractivity contribution in [3.8, 4) is 10.4 Å². The van der Waals surface area contributed by atoms with Gasteiger partial charge in [0.1, 0.15) is 0 Å². The van der Waals surface area contributed by atoms with Crippen LogP contribution in [0.5, 0.6) is 0 Å². The van der Waals surface area contributed by atoms with E-state index >= 15 is 0 Å². The van der Waals surface area contributed by atoms with Crippen molar-refractivity contribution in [3.63, 3.8) is 0 Å². The third-order valence-corrected chi connectivity index (χ3v) is 9.10. The van der Waals surface area contributed by atoms with Crippen molar-refractivity contribution in [2.75, 3.05) is 0 Å². The van der Waals surface area contributed by atoms with Gasteiger partial charge in [0.2, 0.25) is 0 Å². The largest absolute Gasteiger partial charge is 0.135 e. The summed E-state index contributed by atoms with van der Waals surface area (Å²) in [4.78, 5) is 1.49. The zero-order valence-corrected chi connectivity index (χ0v) is 18.6. The van der Waals surface area contributed by atoms with Crippen LogP contribution >= 0.6 is 22.7 Å². The molecule has 7 rings (SSSR count). The molecular weight excluding hydrogens is 400 g/mol. The maximum Gasteiger partial charge on any atom is 0.0433 e. The predicted molar refractivity (Wildman–Crippen MR) is 135 cm³/mol. The molecule has 2 heteroatoms. The second-order valence-corrected chi connectivity index (χ2v) is 10.8. The molecule has 0 unspecified atom stereocenters. The molecule has 0 radical (unpaired) electrons. The third kappa shape index (κ3) is 2.26. The standard InChI is InChI=1S/C28H20S2/c1-15-3-7-19-17(11-15)5-9-21-23-13-24-22-10-6-18-12-16(2)4-8-20(18)28(22)30-26(24)14-25(23)29-27(19)21/h3-5,7-9,11-14H,6,10H2,1-2H3. The van der Waals surface area contributed by atoms with Gasteiger partial charge >= 0.3 is 0 Å². The van der Waals surface area contributed by atoms with Crippen molar-refractivity contribution >= 4 is 63.7 Å². The van der Waals surface area contributed by atoms with E-state index in [4.69, 9.17) is 0 Å². The number of aryl methyl sites for hydroxylation is 4. The van der Waals surface area contributed by atoms with Crippen molar-refractivity contribution in [2.45, 2.75) is 26.7 Å². The minimum absolute atomic E-state index is 1.15. The normalized spacial score (nSPS) is 13.4. The average Bonchev–Trinajstić information content (AvgIpc) is 3.29. The first kappa shape index (κ1) is 17.0. The highest BCUT2D eigenvalue weighted by Crippen LogP contribution is 2.47. The first-order valence-corrected chi connectivity index (χ1v) is 12.2. The van der Waals surface area contributed by atoms with E-state index in [1.54, 1.807) is 5.56 Å². The molecule has 0 bridgehead atoms. The van der Waals surface area contributed by atoms with E-state index in [1.807, 2.05) is 22.7 Å². The molecule has 2 aromatic heterocycles. The van der Waals surface area contributed by atoms with Crippen LogP contribution in [0.2, 0.25) is 0 Å². The Bertz CT molecular complexity index is 1660. The second-order valence-electron chi connectivity index (χ2n) is 8.68. The number of benzene rings is 4. The van der Waals surface area contributed by atoms with Crippen LogP contribution in [0.1, 0.15) is 22.3 Å². The molecule has 1 aliphatic carbocycles. The van der Waals surface area contributed by atoms with Gasteiger partial charge in [-0.3, -0.25) is 0 Å². The lowest BCUT2D eigenvalue weighted by Crippen LogP contribution is -2.01. The monoisotopic (exact) mass is 420 g/mol. The van der Waals surface area contributed by atoms with Crippen LogP contribution in [0.3, 0.4) is 0 Å². The Balaban J connectivity index is 1.54. The smallest absolute Gasteiger partial charge is 0.0433 e. The summed E-state index contributed by atoms with van der Waals surface area (Å²) in [5.74, 6) is 0. The molecule has 1 aliphatic rings. The molecule has 6 aromatic rings. The lowest BCUT2D eigenvalue weighted by Gasteiger charge is -2.17. The van der Waals surface area contributed by atoms with Gasteiger partial charge in [-0.25, -0.2) is 0 Å². The zero-order valence-electron chi connectivity index (χ0n) is 17.0. The summed E-state index contributed by atoms with van der Waals surface area (Å²) in [6, 6.07) is 23.4. The summed E-state index contributed by atoms with van der Waals surface area (Å²) in [7, 11) is 0. The van der Waals surface area contributed by atoms with E-state index in [2.05, 4.69) is 74.5 Å². The van der Waals surface area contributed by atoms with Crippen molar-refractivity contribution in [1.82, 2.24) is 0 Å². The van der Waals surface area contributed by atoms with Crippen molar-refractivity contribution in [1.29, 1.82) is 0 Å². The van der Waals surface area contributed by atoms with Gasteiger partial charge < -0.3 is 0 Å². The number of thiophene rings is 2. The van der Waals surface area contributed by atoms with Gasteiger partial charge in [0.05, 0.1) is 0 Å². The first-order chi connectivity index (χ1) is 14.7. The van der Waals surface area contributed by atoms with Crippen molar-refractivity contribution in [3.05, 3.63) is 82.9 Å². The maximum absolute atomic E-state index is 2.48. The fourth-order valence-corrected chi connectivity index (χ4v) is 7.87. The SMILES string of the molecule is Cc1ccc2c(c1)CCc1c-2sc2cc3sc4c5ccc(C)cc5ccc4c3cc12. The molecule has 0 aliphatic heterocycles. The Morgan fingerprint density at radius 1 is 0.633 bits per heavy atom. The summed E-state index contributed by atoms with van der Waals surface area (Å²) in [6.07, 6.45) is 2.31. The van der Waals surface area contributed by atoms with Crippen LogP contribution in [-0.4, -0.2) is 0 Å². The highest BCUT2D eigenvalue weighted by molar-refractivity contribution is 7.27. The third-order valence-electron chi connectivity index (χ3n) is 6.67. The Labute approximate surface area is 183 Å². The molecule has 0 saturated heterocycles. The highest BCUT2D eigenvalue weighted by Gasteiger charge is 2.22. The molecule has 0 spiro atoms. The summed E-state index contributed by atoms with van der Waals surface area (Å²) < 4.78 is 4.27. The van der Waals surface area contributed by atoms with Gasteiger partial charge in [-0.2, -0.15) is 0 Å². The number of hydrogen-bond acceptors (Lipinski definition) is 2. The number of hydrogen-bond donors (Lipinski definition) is 0. The van der Waals surface area contributed by atoms with Crippen molar-refractivity contribution in [2.24, 2.45) is 0 Å². The molecule has 0 atom stereocenters. The van der Waals surface area contributed by atoms with Crippen LogP contribution in [0.15, 0.2) is 60.7 Å². The molecule has 0 saturated carbocycles. The van der Waals surface area contributed by atoms with Crippen LogP contribution < -0.4 is 0 Å². The Hall–Kier alpha value is -2.68. The van der Waals surface area contributed by atoms with E-state index in [9.17, 15) is 0 Å². The van der Waals surface area contributed by atoms with Gasteiger partial charge in [0.25, 0.3) is 0 Å². The van der Waals surface area contributed by atoms with Crippen LogP contribution in [0, 0.1) is 13.8 Å². The van der Waals surface area contributed by atoms with Gasteiger partial charge in [0.15, 0.2) is 0 Å². The minimum atomic E-state index is 1.15. The maximum atomic E-state index is 2.48. The molecule has 144 valence electrons. The quantitative estimate of drug-likeness (QED) is 0.230. The minimum Gasteiger partial charge on any atom is -0.135 e. The Kier molecular flexibility index (Phi) is 3.37. The molecule has 0 fully saturated rings. The predicted octanol–water partition coefficient (Wildman–Crippen LogP) is 8.80. The van der Waals surface area contributed by atoms with E-state index < -0.39 is 0 Å². The summed E-state index contributed by atoms with van der Waals surface area (Å²) >= 11 is 3.94. The topological polar surface area (TPSA) is 0 Å². The van der Waals surface area contributed by atoms with Crippen LogP contribution in [0.4, 0.5) is 0 Å². The van der Waals surface area contributed by atoms with E-state index in [0.29, 0.717) is 0 Å². The highest BCUT2D eigenvalue weighted by atomic mass is 32.1. The fourth-order valence-electron chi connectivity index (χ4n) is 5.20. The number of fused-ring (bicyclic) bond motifs is 10. The zero-order chi connectivity index (χ0) is 20.0. The van der Waals surface area contributed by atoms with E-state index in [1.165, 1.54) is 68.2 Å². The molecule has 4 aromatic carbocycles. The van der Waals surface area contributed by atoms with Crippen LogP contribution in [-0.2, 0) is 12.8 Å². The molecule has 0 N–H and O–H groups in total. The molecular formula is C28H20S2. The lowest BCUT2D eigenvalue weighted by atomic mass is 9.88. The number of rotatable bonds is 0. The molecule has 0 nitrogen and oxygen atoms in total. The van der Waals surface area contributed by atoms with Crippen molar-refractivity contribution < 1.29 is 0 Å². The first-order valence-electron chi connectivity index (χ1n) is 10.6. The summed E-state index contributed by atoms with van der Waals surface area (Å²) in [6.45, 7) is 4.37. The summed E-state index contributed by atoms with van der Waals surface area (Å²) in [5, 5.41) is 7.02. The van der Waals surface area contributed by atoms with Gasteiger partial charge in [-0.15, -0.1) is 22.7 Å². The molecule has 2 heterocycles. The van der Waals surface area contributed by atoms with Gasteiger partial charge in [0, 0.05) is 29.7 Å². The molecule has 0 amide bonds. The summed E-state index contributed by atoms with van der Waals surface area (Å²) in [5.41, 5.74) is 7.23. The van der Waals surface area contributed by atoms with E-state index in [-0.39, 0.29) is 0 Å². The average molecular weight is 421 g/mol. The fraction of sp³-hybridized carbons (Fsp3) is 0.143.